The molecule has 0 aliphatic carbocycles. The molecule has 2 saturated heterocycles. The van der Waals surface area contributed by atoms with Gasteiger partial charge in [-0.05, 0) is 81.1 Å². The van der Waals surface area contributed by atoms with Crippen molar-refractivity contribution < 1.29 is 22.7 Å². The van der Waals surface area contributed by atoms with Crippen molar-refractivity contribution >= 4 is 35.0 Å². The van der Waals surface area contributed by atoms with Crippen molar-refractivity contribution in [2.75, 3.05) is 55.2 Å². The molecule has 0 bridgehead atoms. The number of alkyl halides is 3. The topological polar surface area (TPSA) is 112 Å². The molecule has 4 aromatic rings. The summed E-state index contributed by atoms with van der Waals surface area (Å²) in [6, 6.07) is 13.0. The van der Waals surface area contributed by atoms with Crippen molar-refractivity contribution in [3.63, 3.8) is 0 Å². The number of piperidine rings is 1. The summed E-state index contributed by atoms with van der Waals surface area (Å²) in [7, 11) is 0. The van der Waals surface area contributed by atoms with Gasteiger partial charge in [0, 0.05) is 79.5 Å². The lowest BCUT2D eigenvalue weighted by Gasteiger charge is -2.43. The summed E-state index contributed by atoms with van der Waals surface area (Å²) >= 11 is 1.68. The third-order valence-corrected chi connectivity index (χ3v) is 9.57. The molecule has 2 aromatic carbocycles. The van der Waals surface area contributed by atoms with E-state index in [0.29, 0.717) is 23.1 Å². The van der Waals surface area contributed by atoms with Crippen LogP contribution in [0.3, 0.4) is 0 Å². The Bertz CT molecular complexity index is 1690. The number of aromatic nitrogens is 4. The minimum absolute atomic E-state index is 0.0233. The van der Waals surface area contributed by atoms with Gasteiger partial charge in [0.05, 0.1) is 29.7 Å². The highest BCUT2D eigenvalue weighted by Crippen LogP contribution is 2.37. The number of rotatable bonds is 9. The third-order valence-electron chi connectivity index (χ3n) is 8.46. The molecule has 4 N–H and O–H groups in total. The normalized spacial score (nSPS) is 17.2. The first-order valence-electron chi connectivity index (χ1n) is 15.8. The van der Waals surface area contributed by atoms with Crippen LogP contribution in [0.4, 0.5) is 40.6 Å². The van der Waals surface area contributed by atoms with Crippen LogP contribution in [0.5, 0.6) is 0 Å². The summed E-state index contributed by atoms with van der Waals surface area (Å²) in [5.74, 6) is -0.251. The van der Waals surface area contributed by atoms with Gasteiger partial charge in [-0.1, -0.05) is 0 Å². The van der Waals surface area contributed by atoms with Crippen molar-refractivity contribution in [2.45, 2.75) is 55.9 Å². The smallest absolute Gasteiger partial charge is 0.399 e. The molecule has 0 radical (unpaired) electrons. The van der Waals surface area contributed by atoms with Crippen LogP contribution >= 0.6 is 11.9 Å². The maximum Gasteiger partial charge on any atom is 0.419 e. The molecular formula is C33H39F4N9OS. The van der Waals surface area contributed by atoms with Crippen LogP contribution < -0.4 is 16.0 Å². The van der Waals surface area contributed by atoms with Crippen molar-refractivity contribution in [1.82, 2.24) is 29.0 Å². The van der Waals surface area contributed by atoms with E-state index in [4.69, 9.17) is 5.73 Å². The Morgan fingerprint density at radius 3 is 2.33 bits per heavy atom. The fraction of sp³-hybridized carbons (Fsp3) is 0.424. The first-order chi connectivity index (χ1) is 22.8. The predicted octanol–water partition coefficient (Wildman–Crippen LogP) is 5.89. The second-order valence-electron chi connectivity index (χ2n) is 12.8. The highest BCUT2D eigenvalue weighted by Gasteiger charge is 2.36. The Morgan fingerprint density at radius 2 is 1.69 bits per heavy atom. The summed E-state index contributed by atoms with van der Waals surface area (Å²) in [5, 5.41) is 17.2. The number of nitrogens with two attached hydrogens (primary N) is 1. The lowest BCUT2D eigenvalue weighted by atomic mass is 10.0. The molecule has 2 aromatic heterocycles. The van der Waals surface area contributed by atoms with E-state index in [1.807, 2.05) is 24.3 Å². The zero-order valence-electron chi connectivity index (χ0n) is 26.8. The van der Waals surface area contributed by atoms with Crippen LogP contribution in [-0.2, 0) is 12.7 Å². The number of nitrogens with one attached hydrogen (secondary N) is 1. The van der Waals surface area contributed by atoms with Gasteiger partial charge in [-0.3, -0.25) is 9.58 Å². The van der Waals surface area contributed by atoms with Crippen LogP contribution in [0, 0.1) is 5.82 Å². The molecule has 48 heavy (non-hydrogen) atoms. The molecule has 6 rings (SSSR count). The summed E-state index contributed by atoms with van der Waals surface area (Å²) < 4.78 is 59.6. The molecule has 10 nitrogen and oxygen atoms in total. The number of nitrogens with zero attached hydrogens (tertiary/aromatic N) is 7. The summed E-state index contributed by atoms with van der Waals surface area (Å²) in [4.78, 5) is 13.8. The fourth-order valence-corrected chi connectivity index (χ4v) is 7.07. The third kappa shape index (κ3) is 8.38. The van der Waals surface area contributed by atoms with Crippen LogP contribution in [-0.4, -0.2) is 85.0 Å². The maximum absolute atomic E-state index is 14.4. The Kier molecular flexibility index (Phi) is 9.83. The van der Waals surface area contributed by atoms with Crippen LogP contribution in [0.25, 0.3) is 11.3 Å². The zero-order valence-corrected chi connectivity index (χ0v) is 27.6. The van der Waals surface area contributed by atoms with E-state index in [1.54, 1.807) is 37.9 Å². The number of anilines is 4. The van der Waals surface area contributed by atoms with E-state index < -0.39 is 17.3 Å². The second kappa shape index (κ2) is 13.9. The number of benzene rings is 2. The molecule has 0 amide bonds. The lowest BCUT2D eigenvalue weighted by molar-refractivity contribution is -0.137. The quantitative estimate of drug-likeness (QED) is 0.112. The standard InChI is InChI=1S/C33H39F4N9OS/c1-32(2,47)21-45-20-22(18-40-45)30-27(33(35,36)37)19-39-31(42-30)41-24-4-6-26(7-5-24)48-46-11-9-25(10-12-46)43-13-15-44(16-14-43)29-8-3-23(38)17-28(29)34/h3-8,17-20,25,47H,9-16,21,38H2,1-2H3,(H,39,41,42). The van der Waals surface area contributed by atoms with Gasteiger partial charge in [0.1, 0.15) is 11.4 Å². The van der Waals surface area contributed by atoms with E-state index in [9.17, 15) is 22.7 Å². The SMILES string of the molecule is CC(C)(O)Cn1cc(-c2nc(Nc3ccc(SN4CCC(N5CCN(c6ccc(N)cc6F)CC5)CC4)cc3)ncc2C(F)(F)F)cn1. The van der Waals surface area contributed by atoms with Crippen molar-refractivity contribution in [2.24, 2.45) is 0 Å². The van der Waals surface area contributed by atoms with Crippen LogP contribution in [0.1, 0.15) is 32.3 Å². The van der Waals surface area contributed by atoms with E-state index in [0.717, 1.165) is 63.2 Å². The first kappa shape index (κ1) is 34.0. The minimum atomic E-state index is -4.66. The van der Waals surface area contributed by atoms with Gasteiger partial charge in [-0.2, -0.15) is 18.3 Å². The van der Waals surface area contributed by atoms with Gasteiger partial charge in [-0.15, -0.1) is 0 Å². The second-order valence-corrected chi connectivity index (χ2v) is 14.0. The van der Waals surface area contributed by atoms with Gasteiger partial charge in [0.15, 0.2) is 0 Å². The summed E-state index contributed by atoms with van der Waals surface area (Å²) in [6.07, 6.45) is 0.936. The van der Waals surface area contributed by atoms with Crippen LogP contribution in [0.15, 0.2) is 66.0 Å². The van der Waals surface area contributed by atoms with E-state index in [2.05, 4.69) is 34.5 Å². The molecule has 2 aliphatic heterocycles. The van der Waals surface area contributed by atoms with Gasteiger partial charge in [0.25, 0.3) is 0 Å². The Morgan fingerprint density at radius 1 is 0.979 bits per heavy atom. The molecule has 0 saturated carbocycles. The largest absolute Gasteiger partial charge is 0.419 e. The molecule has 0 spiro atoms. The van der Waals surface area contributed by atoms with Gasteiger partial charge in [-0.25, -0.2) is 18.7 Å². The van der Waals surface area contributed by atoms with Gasteiger partial charge < -0.3 is 21.1 Å². The highest BCUT2D eigenvalue weighted by molar-refractivity contribution is 7.97. The first-order valence-corrected chi connectivity index (χ1v) is 16.6. The fourth-order valence-electron chi connectivity index (χ4n) is 6.12. The van der Waals surface area contributed by atoms with Gasteiger partial charge >= 0.3 is 6.18 Å². The lowest BCUT2D eigenvalue weighted by Crippen LogP contribution is -2.52. The Labute approximate surface area is 281 Å². The number of aliphatic hydroxyl groups is 1. The number of piperazine rings is 1. The predicted molar refractivity (Wildman–Crippen MR) is 179 cm³/mol. The molecule has 2 aliphatic rings. The van der Waals surface area contributed by atoms with Crippen molar-refractivity contribution in [3.8, 4) is 11.3 Å². The monoisotopic (exact) mass is 685 g/mol. The maximum atomic E-state index is 14.4. The average molecular weight is 686 g/mol. The molecular weight excluding hydrogens is 646 g/mol. The van der Waals surface area contributed by atoms with Crippen molar-refractivity contribution in [1.29, 1.82) is 0 Å². The van der Waals surface area contributed by atoms with Crippen molar-refractivity contribution in [3.05, 3.63) is 72.4 Å². The van der Waals surface area contributed by atoms with E-state index in [-0.39, 0.29) is 29.6 Å². The summed E-state index contributed by atoms with van der Waals surface area (Å²) in [5.41, 5.74) is 5.20. The molecule has 0 atom stereocenters. The Balaban J connectivity index is 1.02. The molecule has 256 valence electrons. The number of halogens is 4. The Hall–Kier alpha value is -3.92. The van der Waals surface area contributed by atoms with E-state index >= 15 is 0 Å². The minimum Gasteiger partial charge on any atom is -0.399 e. The van der Waals surface area contributed by atoms with Gasteiger partial charge in [0.2, 0.25) is 5.95 Å². The van der Waals surface area contributed by atoms with E-state index in [1.165, 1.54) is 23.1 Å². The number of nitrogen functional groups attached to an aromatic ring is 1. The number of hydrogen-bond acceptors (Lipinski definition) is 10. The molecule has 4 heterocycles. The highest BCUT2D eigenvalue weighted by atomic mass is 32.2. The molecule has 2 fully saturated rings. The van der Waals surface area contributed by atoms with Crippen LogP contribution in [0.2, 0.25) is 0 Å². The number of hydrogen-bond donors (Lipinski definition) is 3. The molecule has 0 unspecified atom stereocenters. The molecule has 15 heteroatoms. The zero-order chi connectivity index (χ0) is 34.1. The summed E-state index contributed by atoms with van der Waals surface area (Å²) in [6.45, 7) is 8.53. The average Bonchev–Trinajstić information content (AvgIpc) is 3.49.